The molecule has 1 fully saturated rings. The van der Waals surface area contributed by atoms with Crippen molar-refractivity contribution in [1.82, 2.24) is 4.72 Å². The minimum absolute atomic E-state index is 0.124. The van der Waals surface area contributed by atoms with Crippen molar-refractivity contribution in [2.45, 2.75) is 37.5 Å². The molecule has 0 aliphatic carbocycles. The zero-order valence-electron chi connectivity index (χ0n) is 15.0. The van der Waals surface area contributed by atoms with Crippen LogP contribution in [0.4, 0.5) is 10.1 Å². The molecule has 1 N–H and O–H groups in total. The number of anilines is 1. The number of nitrogens with zero attached hydrogens (tertiary/aromatic N) is 1. The molecule has 0 unspecified atom stereocenters. The normalized spacial score (nSPS) is 15.2. The van der Waals surface area contributed by atoms with E-state index in [4.69, 9.17) is 0 Å². The molecule has 0 saturated carbocycles. The number of halogens is 1. The maximum Gasteiger partial charge on any atom is 0.240 e. The number of rotatable bonds is 6. The van der Waals surface area contributed by atoms with Crippen LogP contribution in [0.2, 0.25) is 0 Å². The average molecular weight is 376 g/mol. The molecular weight excluding hydrogens is 351 g/mol. The molecule has 1 aliphatic rings. The van der Waals surface area contributed by atoms with E-state index in [-0.39, 0.29) is 4.90 Å². The van der Waals surface area contributed by atoms with Gasteiger partial charge in [-0.25, -0.2) is 17.5 Å². The molecule has 0 radical (unpaired) electrons. The number of hydrogen-bond acceptors (Lipinski definition) is 3. The Balaban J connectivity index is 1.57. The fraction of sp³-hybridized carbons (Fsp3) is 0.400. The number of nitrogens with one attached hydrogen (secondary N) is 1. The molecule has 1 saturated heterocycles. The summed E-state index contributed by atoms with van der Waals surface area (Å²) in [6, 6.07) is 12.0. The number of aryl methyl sites for hydroxylation is 1. The largest absolute Gasteiger partial charge is 0.372 e. The van der Waals surface area contributed by atoms with Crippen LogP contribution >= 0.6 is 0 Å². The summed E-state index contributed by atoms with van der Waals surface area (Å²) in [4.78, 5) is 2.52. The molecule has 26 heavy (non-hydrogen) atoms. The lowest BCUT2D eigenvalue weighted by atomic mass is 10.1. The molecule has 0 atom stereocenters. The van der Waals surface area contributed by atoms with Crippen LogP contribution in [0, 0.1) is 12.7 Å². The molecule has 0 spiro atoms. The summed E-state index contributed by atoms with van der Waals surface area (Å²) in [6.45, 7) is 4.12. The first-order chi connectivity index (χ1) is 12.5. The van der Waals surface area contributed by atoms with Gasteiger partial charge < -0.3 is 4.90 Å². The van der Waals surface area contributed by atoms with Crippen molar-refractivity contribution in [2.24, 2.45) is 0 Å². The van der Waals surface area contributed by atoms with Gasteiger partial charge in [0.05, 0.1) is 4.90 Å². The summed E-state index contributed by atoms with van der Waals surface area (Å²) < 4.78 is 40.5. The SMILES string of the molecule is Cc1cc(F)ccc1S(=O)(=O)NCCc1ccc(N2CCCCC2)cc1. The highest BCUT2D eigenvalue weighted by molar-refractivity contribution is 7.89. The van der Waals surface area contributed by atoms with Crippen LogP contribution in [0.15, 0.2) is 47.4 Å². The molecule has 1 aliphatic heterocycles. The lowest BCUT2D eigenvalue weighted by Crippen LogP contribution is -2.29. The Bertz CT molecular complexity index is 845. The van der Waals surface area contributed by atoms with Gasteiger partial charge in [-0.2, -0.15) is 0 Å². The molecule has 6 heteroatoms. The van der Waals surface area contributed by atoms with E-state index in [1.54, 1.807) is 6.92 Å². The van der Waals surface area contributed by atoms with Crippen molar-refractivity contribution in [1.29, 1.82) is 0 Å². The molecule has 4 nitrogen and oxygen atoms in total. The number of hydrogen-bond donors (Lipinski definition) is 1. The first kappa shape index (κ1) is 18.9. The van der Waals surface area contributed by atoms with E-state index in [2.05, 4.69) is 33.9 Å². The number of piperidine rings is 1. The summed E-state index contributed by atoms with van der Waals surface area (Å²) >= 11 is 0. The van der Waals surface area contributed by atoms with Gasteiger partial charge in [0.2, 0.25) is 10.0 Å². The zero-order chi connectivity index (χ0) is 18.6. The molecule has 3 rings (SSSR count). The molecule has 2 aromatic carbocycles. The minimum atomic E-state index is -3.63. The summed E-state index contributed by atoms with van der Waals surface area (Å²) in [7, 11) is -3.63. The molecule has 0 amide bonds. The smallest absolute Gasteiger partial charge is 0.240 e. The second kappa shape index (κ2) is 8.18. The van der Waals surface area contributed by atoms with Gasteiger partial charge in [-0.15, -0.1) is 0 Å². The van der Waals surface area contributed by atoms with E-state index in [9.17, 15) is 12.8 Å². The van der Waals surface area contributed by atoms with Crippen LogP contribution < -0.4 is 9.62 Å². The van der Waals surface area contributed by atoms with Crippen molar-refractivity contribution in [3.05, 3.63) is 59.4 Å². The van der Waals surface area contributed by atoms with Crippen molar-refractivity contribution in [2.75, 3.05) is 24.5 Å². The average Bonchev–Trinajstić information content (AvgIpc) is 2.62. The Morgan fingerprint density at radius 1 is 1.04 bits per heavy atom. The number of benzene rings is 2. The monoisotopic (exact) mass is 376 g/mol. The lowest BCUT2D eigenvalue weighted by molar-refractivity contribution is 0.577. The van der Waals surface area contributed by atoms with Gasteiger partial charge in [0, 0.05) is 25.3 Å². The van der Waals surface area contributed by atoms with Gasteiger partial charge in [0.1, 0.15) is 5.82 Å². The lowest BCUT2D eigenvalue weighted by Gasteiger charge is -2.28. The quantitative estimate of drug-likeness (QED) is 0.837. The van der Waals surface area contributed by atoms with E-state index < -0.39 is 15.8 Å². The fourth-order valence-corrected chi connectivity index (χ4v) is 4.60. The van der Waals surface area contributed by atoms with Gasteiger partial charge in [-0.3, -0.25) is 0 Å². The van der Waals surface area contributed by atoms with Gasteiger partial charge in [-0.05, 0) is 74.1 Å². The van der Waals surface area contributed by atoms with Crippen LogP contribution in [-0.4, -0.2) is 28.1 Å². The van der Waals surface area contributed by atoms with E-state index >= 15 is 0 Å². The molecule has 1 heterocycles. The highest BCUT2D eigenvalue weighted by Crippen LogP contribution is 2.20. The predicted octanol–water partition coefficient (Wildman–Crippen LogP) is 3.65. The molecule has 0 aromatic heterocycles. The van der Waals surface area contributed by atoms with Crippen LogP contribution in [0.3, 0.4) is 0 Å². The first-order valence-corrected chi connectivity index (χ1v) is 10.5. The third kappa shape index (κ3) is 4.62. The Hall–Kier alpha value is -1.92. The third-order valence-electron chi connectivity index (χ3n) is 4.79. The second-order valence-corrected chi connectivity index (χ2v) is 8.51. The molecule has 2 aromatic rings. The zero-order valence-corrected chi connectivity index (χ0v) is 15.9. The molecule has 140 valence electrons. The van der Waals surface area contributed by atoms with Gasteiger partial charge in [-0.1, -0.05) is 12.1 Å². The maximum absolute atomic E-state index is 13.2. The Morgan fingerprint density at radius 3 is 2.38 bits per heavy atom. The third-order valence-corrected chi connectivity index (χ3v) is 6.41. The van der Waals surface area contributed by atoms with E-state index in [1.807, 2.05) is 0 Å². The van der Waals surface area contributed by atoms with Crippen LogP contribution in [0.1, 0.15) is 30.4 Å². The summed E-state index contributed by atoms with van der Waals surface area (Å²) in [5, 5.41) is 0. The topological polar surface area (TPSA) is 49.4 Å². The Morgan fingerprint density at radius 2 is 1.73 bits per heavy atom. The maximum atomic E-state index is 13.2. The highest BCUT2D eigenvalue weighted by Gasteiger charge is 2.16. The van der Waals surface area contributed by atoms with E-state index in [0.29, 0.717) is 18.5 Å². The molecule has 0 bridgehead atoms. The van der Waals surface area contributed by atoms with Crippen molar-refractivity contribution >= 4 is 15.7 Å². The Kier molecular flexibility index (Phi) is 5.94. The summed E-state index contributed by atoms with van der Waals surface area (Å²) in [6.07, 6.45) is 4.40. The predicted molar refractivity (Wildman–Crippen MR) is 103 cm³/mol. The summed E-state index contributed by atoms with van der Waals surface area (Å²) in [5.74, 6) is -0.435. The van der Waals surface area contributed by atoms with Crippen molar-refractivity contribution in [3.63, 3.8) is 0 Å². The van der Waals surface area contributed by atoms with Crippen molar-refractivity contribution < 1.29 is 12.8 Å². The van der Waals surface area contributed by atoms with Crippen LogP contribution in [0.25, 0.3) is 0 Å². The summed E-state index contributed by atoms with van der Waals surface area (Å²) in [5.41, 5.74) is 2.73. The van der Waals surface area contributed by atoms with Gasteiger partial charge in [0.15, 0.2) is 0 Å². The van der Waals surface area contributed by atoms with Crippen molar-refractivity contribution in [3.8, 4) is 0 Å². The fourth-order valence-electron chi connectivity index (χ4n) is 3.35. The number of sulfonamides is 1. The van der Waals surface area contributed by atoms with Gasteiger partial charge >= 0.3 is 0 Å². The van der Waals surface area contributed by atoms with E-state index in [1.165, 1.54) is 43.1 Å². The standard InChI is InChI=1S/C20H25FN2O2S/c1-16-15-18(21)7-10-20(16)26(24,25)22-12-11-17-5-8-19(9-6-17)23-13-3-2-4-14-23/h5-10,15,22H,2-4,11-14H2,1H3. The highest BCUT2D eigenvalue weighted by atomic mass is 32.2. The van der Waals surface area contributed by atoms with Crippen LogP contribution in [0.5, 0.6) is 0 Å². The molecular formula is C20H25FN2O2S. The second-order valence-electron chi connectivity index (χ2n) is 6.77. The first-order valence-electron chi connectivity index (χ1n) is 9.05. The van der Waals surface area contributed by atoms with Crippen LogP contribution in [-0.2, 0) is 16.4 Å². The Labute approximate surface area is 155 Å². The van der Waals surface area contributed by atoms with Gasteiger partial charge in [0.25, 0.3) is 0 Å². The minimum Gasteiger partial charge on any atom is -0.372 e. The van der Waals surface area contributed by atoms with E-state index in [0.717, 1.165) is 18.7 Å².